The molecule has 0 spiro atoms. The summed E-state index contributed by atoms with van der Waals surface area (Å²) < 4.78 is 0. The van der Waals surface area contributed by atoms with Gasteiger partial charge in [-0.15, -0.1) is 0 Å². The lowest BCUT2D eigenvalue weighted by Gasteiger charge is -2.16. The van der Waals surface area contributed by atoms with Gasteiger partial charge in [0.25, 0.3) is 0 Å². The third kappa shape index (κ3) is 5.58. The van der Waals surface area contributed by atoms with Crippen molar-refractivity contribution in [1.82, 2.24) is 5.32 Å². The molecule has 4 nitrogen and oxygen atoms in total. The zero-order valence-corrected chi connectivity index (χ0v) is 11.6. The number of carbonyl (C=O) groups is 2. The van der Waals surface area contributed by atoms with Crippen LogP contribution in [0.4, 0.5) is 0 Å². The molecule has 0 fully saturated rings. The number of carboxylic acids is 1. The van der Waals surface area contributed by atoms with Gasteiger partial charge in [0.05, 0.1) is 0 Å². The van der Waals surface area contributed by atoms with Crippen LogP contribution in [0.15, 0.2) is 11.6 Å². The minimum atomic E-state index is -0.949. The molecule has 0 saturated carbocycles. The molecule has 102 valence electrons. The van der Waals surface area contributed by atoms with Gasteiger partial charge in [-0.05, 0) is 44.1 Å². The van der Waals surface area contributed by atoms with Crippen LogP contribution in [0.1, 0.15) is 38.5 Å². The van der Waals surface area contributed by atoms with E-state index in [1.807, 2.05) is 6.26 Å². The van der Waals surface area contributed by atoms with E-state index < -0.39 is 12.0 Å². The number of thioether (sulfide) groups is 1. The van der Waals surface area contributed by atoms with Gasteiger partial charge < -0.3 is 10.4 Å². The van der Waals surface area contributed by atoms with Gasteiger partial charge in [0, 0.05) is 6.42 Å². The van der Waals surface area contributed by atoms with Crippen LogP contribution in [0.5, 0.6) is 0 Å². The first kappa shape index (κ1) is 15.1. The first-order valence-corrected chi connectivity index (χ1v) is 7.72. The smallest absolute Gasteiger partial charge is 0.326 e. The zero-order chi connectivity index (χ0) is 13.4. The number of carboxylic acid groups (broad SMARTS) is 1. The van der Waals surface area contributed by atoms with E-state index in [1.165, 1.54) is 6.42 Å². The molecule has 0 aromatic rings. The Labute approximate surface area is 112 Å². The highest BCUT2D eigenvalue weighted by molar-refractivity contribution is 7.98. The minimum absolute atomic E-state index is 0.170. The van der Waals surface area contributed by atoms with Crippen LogP contribution in [-0.2, 0) is 9.59 Å². The fraction of sp³-hybridized carbons (Fsp3) is 0.692. The first-order valence-electron chi connectivity index (χ1n) is 6.32. The Morgan fingerprint density at radius 1 is 1.50 bits per heavy atom. The molecule has 1 amide bonds. The highest BCUT2D eigenvalue weighted by Gasteiger charge is 2.20. The minimum Gasteiger partial charge on any atom is -0.480 e. The Morgan fingerprint density at radius 2 is 2.28 bits per heavy atom. The van der Waals surface area contributed by atoms with Crippen molar-refractivity contribution >= 4 is 23.6 Å². The molecule has 0 aliphatic heterocycles. The van der Waals surface area contributed by atoms with Crippen molar-refractivity contribution in [1.29, 1.82) is 0 Å². The van der Waals surface area contributed by atoms with Crippen LogP contribution in [-0.4, -0.2) is 35.0 Å². The van der Waals surface area contributed by atoms with E-state index in [4.69, 9.17) is 5.11 Å². The van der Waals surface area contributed by atoms with Crippen LogP contribution in [0.2, 0.25) is 0 Å². The summed E-state index contributed by atoms with van der Waals surface area (Å²) in [7, 11) is 0. The SMILES string of the molecule is CSCC[C@H](NC(=O)CC1=CCCCC1)C(=O)O. The molecule has 1 atom stereocenters. The Hall–Kier alpha value is -0.970. The van der Waals surface area contributed by atoms with Gasteiger partial charge in [0.2, 0.25) is 5.91 Å². The molecular weight excluding hydrogens is 250 g/mol. The lowest BCUT2D eigenvalue weighted by Crippen LogP contribution is -2.41. The summed E-state index contributed by atoms with van der Waals surface area (Å²) >= 11 is 1.58. The van der Waals surface area contributed by atoms with Crippen LogP contribution in [0.25, 0.3) is 0 Å². The number of hydrogen-bond acceptors (Lipinski definition) is 3. The maximum atomic E-state index is 11.8. The topological polar surface area (TPSA) is 66.4 Å². The first-order chi connectivity index (χ1) is 8.63. The predicted octanol–water partition coefficient (Wildman–Crippen LogP) is 2.20. The second kappa shape index (κ2) is 8.19. The summed E-state index contributed by atoms with van der Waals surface area (Å²) in [5.74, 6) is -0.383. The number of allylic oxidation sites excluding steroid dienone is 1. The maximum absolute atomic E-state index is 11.8. The van der Waals surface area contributed by atoms with E-state index in [1.54, 1.807) is 11.8 Å². The second-order valence-electron chi connectivity index (χ2n) is 4.52. The fourth-order valence-electron chi connectivity index (χ4n) is 2.01. The molecule has 0 aromatic carbocycles. The van der Waals surface area contributed by atoms with Gasteiger partial charge in [-0.2, -0.15) is 11.8 Å². The highest BCUT2D eigenvalue weighted by atomic mass is 32.2. The molecule has 0 unspecified atom stereocenters. The average Bonchev–Trinajstić information content (AvgIpc) is 2.35. The molecular formula is C13H21NO3S. The van der Waals surface area contributed by atoms with Gasteiger partial charge in [-0.25, -0.2) is 4.79 Å². The largest absolute Gasteiger partial charge is 0.480 e. The van der Waals surface area contributed by atoms with Crippen molar-refractivity contribution in [2.45, 2.75) is 44.6 Å². The molecule has 0 bridgehead atoms. The van der Waals surface area contributed by atoms with Crippen LogP contribution < -0.4 is 5.32 Å². The van der Waals surface area contributed by atoms with Crippen molar-refractivity contribution in [3.05, 3.63) is 11.6 Å². The third-order valence-electron chi connectivity index (χ3n) is 3.02. The molecule has 2 N–H and O–H groups in total. The molecule has 0 radical (unpaired) electrons. The van der Waals surface area contributed by atoms with Crippen LogP contribution in [0.3, 0.4) is 0 Å². The van der Waals surface area contributed by atoms with E-state index in [0.717, 1.165) is 30.6 Å². The number of rotatable bonds is 7. The number of hydrogen-bond donors (Lipinski definition) is 2. The van der Waals surface area contributed by atoms with Crippen LogP contribution >= 0.6 is 11.8 Å². The molecule has 1 rings (SSSR count). The van der Waals surface area contributed by atoms with Crippen molar-refractivity contribution < 1.29 is 14.7 Å². The fourth-order valence-corrected chi connectivity index (χ4v) is 2.48. The van der Waals surface area contributed by atoms with E-state index in [2.05, 4.69) is 11.4 Å². The lowest BCUT2D eigenvalue weighted by molar-refractivity contribution is -0.141. The molecule has 18 heavy (non-hydrogen) atoms. The highest BCUT2D eigenvalue weighted by Crippen LogP contribution is 2.19. The predicted molar refractivity (Wildman–Crippen MR) is 73.7 cm³/mol. The van der Waals surface area contributed by atoms with Gasteiger partial charge in [-0.3, -0.25) is 4.79 Å². The summed E-state index contributed by atoms with van der Waals surface area (Å²) in [5.41, 5.74) is 1.15. The molecule has 1 aliphatic carbocycles. The van der Waals surface area contributed by atoms with E-state index in [0.29, 0.717) is 12.8 Å². The second-order valence-corrected chi connectivity index (χ2v) is 5.51. The van der Waals surface area contributed by atoms with Gasteiger partial charge >= 0.3 is 5.97 Å². The summed E-state index contributed by atoms with van der Waals surface area (Å²) in [6.45, 7) is 0. The summed E-state index contributed by atoms with van der Waals surface area (Å²) in [6.07, 6.45) is 9.19. The Morgan fingerprint density at radius 3 is 2.83 bits per heavy atom. The average molecular weight is 271 g/mol. The molecule has 5 heteroatoms. The van der Waals surface area contributed by atoms with Crippen molar-refractivity contribution in [3.63, 3.8) is 0 Å². The van der Waals surface area contributed by atoms with Gasteiger partial charge in [0.1, 0.15) is 6.04 Å². The standard InChI is InChI=1S/C13H21NO3S/c1-18-8-7-11(13(16)17)14-12(15)9-10-5-3-2-4-6-10/h5,11H,2-4,6-9H2,1H3,(H,14,15)(H,16,17)/t11-/m0/s1. The number of aliphatic carboxylic acids is 1. The zero-order valence-electron chi connectivity index (χ0n) is 10.8. The Bertz CT molecular complexity index is 328. The quantitative estimate of drug-likeness (QED) is 0.697. The molecule has 0 saturated heterocycles. The van der Waals surface area contributed by atoms with Crippen LogP contribution in [0, 0.1) is 0 Å². The molecule has 0 heterocycles. The van der Waals surface area contributed by atoms with Crippen molar-refractivity contribution in [2.24, 2.45) is 0 Å². The van der Waals surface area contributed by atoms with E-state index in [-0.39, 0.29) is 5.91 Å². The normalized spacial score (nSPS) is 16.8. The van der Waals surface area contributed by atoms with Crippen molar-refractivity contribution in [2.75, 3.05) is 12.0 Å². The van der Waals surface area contributed by atoms with E-state index >= 15 is 0 Å². The number of amides is 1. The van der Waals surface area contributed by atoms with Crippen molar-refractivity contribution in [3.8, 4) is 0 Å². The Balaban J connectivity index is 2.40. The number of nitrogens with one attached hydrogen (secondary N) is 1. The van der Waals surface area contributed by atoms with Gasteiger partial charge in [0.15, 0.2) is 0 Å². The summed E-state index contributed by atoms with van der Waals surface area (Å²) in [5, 5.41) is 11.6. The lowest BCUT2D eigenvalue weighted by atomic mass is 9.97. The monoisotopic (exact) mass is 271 g/mol. The Kier molecular flexibility index (Phi) is 6.86. The number of carbonyl (C=O) groups excluding carboxylic acids is 1. The third-order valence-corrected chi connectivity index (χ3v) is 3.66. The summed E-state index contributed by atoms with van der Waals surface area (Å²) in [6, 6.07) is -0.755. The molecule has 1 aliphatic rings. The molecule has 0 aromatic heterocycles. The summed E-state index contributed by atoms with van der Waals surface area (Å²) in [4.78, 5) is 22.8. The maximum Gasteiger partial charge on any atom is 0.326 e. The van der Waals surface area contributed by atoms with E-state index in [9.17, 15) is 9.59 Å². The van der Waals surface area contributed by atoms with Gasteiger partial charge in [-0.1, -0.05) is 11.6 Å².